The number of rotatable bonds is 5. The molecule has 0 spiro atoms. The second-order valence-corrected chi connectivity index (χ2v) is 3.96. The van der Waals surface area contributed by atoms with E-state index in [0.29, 0.717) is 5.75 Å². The Hall–Kier alpha value is -3.10. The number of aromatic nitrogens is 2. The van der Waals surface area contributed by atoms with Gasteiger partial charge in [0.15, 0.2) is 17.3 Å². The molecule has 1 aromatic carbocycles. The first kappa shape index (κ1) is 14.3. The molecule has 0 unspecified atom stereocenters. The van der Waals surface area contributed by atoms with Gasteiger partial charge in [-0.1, -0.05) is 17.3 Å². The molecular weight excluding hydrogens is 278 g/mol. The molecular formula is C12H13N5O4. The Morgan fingerprint density at radius 3 is 2.62 bits per heavy atom. The Morgan fingerprint density at radius 1 is 1.33 bits per heavy atom. The number of nitrogens with two attached hydrogens (primary N) is 2. The summed E-state index contributed by atoms with van der Waals surface area (Å²) >= 11 is 0. The van der Waals surface area contributed by atoms with Gasteiger partial charge in [-0.2, -0.15) is 0 Å². The van der Waals surface area contributed by atoms with Crippen LogP contribution in [0.5, 0.6) is 5.75 Å². The fraction of sp³-hybridized carbons (Fsp3) is 0.167. The van der Waals surface area contributed by atoms with Crippen LogP contribution in [-0.4, -0.2) is 29.2 Å². The van der Waals surface area contributed by atoms with Gasteiger partial charge in [0, 0.05) is 0 Å². The van der Waals surface area contributed by atoms with Crippen molar-refractivity contribution in [2.75, 3.05) is 12.8 Å². The van der Waals surface area contributed by atoms with E-state index in [-0.39, 0.29) is 23.8 Å². The van der Waals surface area contributed by atoms with Crippen molar-refractivity contribution >= 4 is 17.6 Å². The zero-order valence-electron chi connectivity index (χ0n) is 11.1. The summed E-state index contributed by atoms with van der Waals surface area (Å²) in [7, 11) is 1.56. The first-order valence-corrected chi connectivity index (χ1v) is 5.84. The van der Waals surface area contributed by atoms with E-state index in [2.05, 4.69) is 24.9 Å². The highest BCUT2D eigenvalue weighted by atomic mass is 16.7. The van der Waals surface area contributed by atoms with Crippen molar-refractivity contribution in [3.05, 3.63) is 35.5 Å². The monoisotopic (exact) mass is 291 g/mol. The molecule has 9 nitrogen and oxygen atoms in total. The van der Waals surface area contributed by atoms with Crippen LogP contribution in [0.15, 0.2) is 34.1 Å². The van der Waals surface area contributed by atoms with Gasteiger partial charge in [-0.15, -0.1) is 0 Å². The van der Waals surface area contributed by atoms with E-state index in [4.69, 9.17) is 16.2 Å². The van der Waals surface area contributed by atoms with Crippen LogP contribution >= 0.6 is 0 Å². The highest BCUT2D eigenvalue weighted by Gasteiger charge is 2.12. The maximum Gasteiger partial charge on any atom is 0.339 e. The predicted octanol–water partition coefficient (Wildman–Crippen LogP) is 0.0666. The molecule has 0 aliphatic heterocycles. The van der Waals surface area contributed by atoms with Crippen molar-refractivity contribution in [1.82, 2.24) is 10.3 Å². The molecule has 0 atom stereocenters. The van der Waals surface area contributed by atoms with Crippen molar-refractivity contribution in [3.63, 3.8) is 0 Å². The van der Waals surface area contributed by atoms with E-state index >= 15 is 0 Å². The Kier molecular flexibility index (Phi) is 4.34. The fourth-order valence-electron chi connectivity index (χ4n) is 1.46. The molecule has 2 aromatic rings. The second kappa shape index (κ2) is 6.37. The van der Waals surface area contributed by atoms with Crippen LogP contribution < -0.4 is 16.2 Å². The minimum absolute atomic E-state index is 0.0206. The van der Waals surface area contributed by atoms with Crippen LogP contribution in [0.1, 0.15) is 11.3 Å². The van der Waals surface area contributed by atoms with Crippen molar-refractivity contribution in [2.45, 2.75) is 6.42 Å². The van der Waals surface area contributed by atoms with Crippen LogP contribution in [-0.2, 0) is 16.1 Å². The van der Waals surface area contributed by atoms with Gasteiger partial charge in [0.25, 0.3) is 0 Å². The molecule has 21 heavy (non-hydrogen) atoms. The van der Waals surface area contributed by atoms with E-state index < -0.39 is 5.97 Å². The lowest BCUT2D eigenvalue weighted by molar-refractivity contribution is -0.142. The smallest absolute Gasteiger partial charge is 0.339 e. The summed E-state index contributed by atoms with van der Waals surface area (Å²) in [6, 6.07) is 6.96. The van der Waals surface area contributed by atoms with Crippen molar-refractivity contribution < 1.29 is 19.0 Å². The molecule has 0 saturated heterocycles. The molecule has 110 valence electrons. The lowest BCUT2D eigenvalue weighted by Gasteiger charge is -2.02. The average Bonchev–Trinajstić information content (AvgIpc) is 2.92. The SMILES string of the molecule is COc1ccc(CC(=O)O/N=C(/N)c2nonc2N)cc1. The van der Waals surface area contributed by atoms with Gasteiger partial charge in [0.1, 0.15) is 5.75 Å². The van der Waals surface area contributed by atoms with Crippen LogP contribution in [0.25, 0.3) is 0 Å². The Bertz CT molecular complexity index is 650. The van der Waals surface area contributed by atoms with Crippen molar-refractivity contribution in [2.24, 2.45) is 10.9 Å². The first-order chi connectivity index (χ1) is 10.1. The third kappa shape index (κ3) is 3.69. The number of anilines is 1. The molecule has 1 heterocycles. The van der Waals surface area contributed by atoms with Gasteiger partial charge in [-0.3, -0.25) is 0 Å². The molecule has 9 heteroatoms. The number of ether oxygens (including phenoxy) is 1. The Morgan fingerprint density at radius 2 is 2.05 bits per heavy atom. The lowest BCUT2D eigenvalue weighted by Crippen LogP contribution is -2.17. The highest BCUT2D eigenvalue weighted by Crippen LogP contribution is 2.12. The number of amidine groups is 1. The largest absolute Gasteiger partial charge is 0.497 e. The number of hydrogen-bond donors (Lipinski definition) is 2. The second-order valence-electron chi connectivity index (χ2n) is 3.96. The molecule has 4 N–H and O–H groups in total. The topological polar surface area (TPSA) is 139 Å². The minimum Gasteiger partial charge on any atom is -0.497 e. The van der Waals surface area contributed by atoms with Gasteiger partial charge in [-0.05, 0) is 28.0 Å². The first-order valence-electron chi connectivity index (χ1n) is 5.84. The Balaban J connectivity index is 1.94. The number of nitrogen functional groups attached to an aromatic ring is 1. The molecule has 0 bridgehead atoms. The van der Waals surface area contributed by atoms with Gasteiger partial charge in [0.05, 0.1) is 13.5 Å². The zero-order chi connectivity index (χ0) is 15.2. The summed E-state index contributed by atoms with van der Waals surface area (Å²) in [4.78, 5) is 16.3. The van der Waals surface area contributed by atoms with Gasteiger partial charge in [0.2, 0.25) is 0 Å². The maximum absolute atomic E-state index is 11.6. The molecule has 0 fully saturated rings. The van der Waals surface area contributed by atoms with Crippen LogP contribution in [0, 0.1) is 0 Å². The number of methoxy groups -OCH3 is 1. The van der Waals surface area contributed by atoms with E-state index in [9.17, 15) is 4.79 Å². The Labute approximate surface area is 119 Å². The number of carbonyl (C=O) groups is 1. The minimum atomic E-state index is -0.585. The summed E-state index contributed by atoms with van der Waals surface area (Å²) in [5.74, 6) is -0.124. The van der Waals surface area contributed by atoms with E-state index in [1.165, 1.54) is 0 Å². The van der Waals surface area contributed by atoms with Crippen molar-refractivity contribution in [3.8, 4) is 5.75 Å². The number of oxime groups is 1. The summed E-state index contributed by atoms with van der Waals surface area (Å²) in [6.45, 7) is 0. The standard InChI is InChI=1S/C12H13N5O4/c1-19-8-4-2-7(3-5-8)6-9(18)20-16-11(13)10-12(14)17-21-15-10/h2-5H,6H2,1H3,(H2,13,16)(H2,14,17). The molecule has 0 aliphatic carbocycles. The quantitative estimate of drug-likeness (QED) is 0.341. The van der Waals surface area contributed by atoms with E-state index in [1.54, 1.807) is 31.4 Å². The highest BCUT2D eigenvalue weighted by molar-refractivity contribution is 5.99. The fourth-order valence-corrected chi connectivity index (χ4v) is 1.46. The zero-order valence-corrected chi connectivity index (χ0v) is 11.1. The van der Waals surface area contributed by atoms with Crippen LogP contribution in [0.3, 0.4) is 0 Å². The normalized spacial score (nSPS) is 11.2. The van der Waals surface area contributed by atoms with Gasteiger partial charge < -0.3 is 21.0 Å². The number of carbonyl (C=O) groups excluding carboxylic acids is 1. The number of hydrogen-bond acceptors (Lipinski definition) is 8. The molecule has 1 aromatic heterocycles. The van der Waals surface area contributed by atoms with E-state index in [1.807, 2.05) is 0 Å². The molecule has 0 aliphatic rings. The maximum atomic E-state index is 11.6. The lowest BCUT2D eigenvalue weighted by atomic mass is 10.1. The molecule has 2 rings (SSSR count). The molecule has 0 radical (unpaired) electrons. The molecule has 0 saturated carbocycles. The summed E-state index contributed by atoms with van der Waals surface area (Å²) in [6.07, 6.45) is 0.0350. The summed E-state index contributed by atoms with van der Waals surface area (Å²) < 4.78 is 9.37. The summed E-state index contributed by atoms with van der Waals surface area (Å²) in [5, 5.41) is 10.2. The van der Waals surface area contributed by atoms with Gasteiger partial charge in [-0.25, -0.2) is 9.42 Å². The molecule has 0 amide bonds. The average molecular weight is 291 g/mol. The van der Waals surface area contributed by atoms with Crippen LogP contribution in [0.4, 0.5) is 5.82 Å². The number of nitrogens with zero attached hydrogens (tertiary/aromatic N) is 3. The van der Waals surface area contributed by atoms with Crippen molar-refractivity contribution in [1.29, 1.82) is 0 Å². The predicted molar refractivity (Wildman–Crippen MR) is 72.2 cm³/mol. The number of benzene rings is 1. The summed E-state index contributed by atoms with van der Waals surface area (Å²) in [5.41, 5.74) is 11.7. The van der Waals surface area contributed by atoms with E-state index in [0.717, 1.165) is 5.56 Å². The third-order valence-corrected chi connectivity index (χ3v) is 2.51. The van der Waals surface area contributed by atoms with Crippen LogP contribution in [0.2, 0.25) is 0 Å². The van der Waals surface area contributed by atoms with Gasteiger partial charge >= 0.3 is 5.97 Å². The third-order valence-electron chi connectivity index (χ3n) is 2.51.